The molecular weight excluding hydrogens is 373 g/mol. The van der Waals surface area contributed by atoms with Crippen LogP contribution >= 0.6 is 23.2 Å². The quantitative estimate of drug-likeness (QED) is 0.574. The zero-order valence-electron chi connectivity index (χ0n) is 15.4. The second-order valence-corrected chi connectivity index (χ2v) is 7.69. The van der Waals surface area contributed by atoms with Gasteiger partial charge in [0.1, 0.15) is 0 Å². The highest BCUT2D eigenvalue weighted by atomic mass is 35.5. The second-order valence-electron chi connectivity index (χ2n) is 6.88. The van der Waals surface area contributed by atoms with Crippen molar-refractivity contribution in [2.24, 2.45) is 10.9 Å². The van der Waals surface area contributed by atoms with Crippen LogP contribution < -0.4 is 5.32 Å². The number of aliphatic imine (C=N–C) groups is 1. The average Bonchev–Trinajstić information content (AvgIpc) is 2.62. The Labute approximate surface area is 165 Å². The largest absolute Gasteiger partial charge is 0.465 e. The summed E-state index contributed by atoms with van der Waals surface area (Å²) < 4.78 is 5.68. The summed E-state index contributed by atoms with van der Waals surface area (Å²) in [6.45, 7) is 8.29. The normalized spacial score (nSPS) is 16.0. The molecule has 0 bridgehead atoms. The molecule has 1 amide bonds. The molecule has 0 atom stereocenters. The standard InChI is InChI=1S/C19H27Cl2N3O2/c1-14(2)13-26-19(22-8-11-24-9-4-3-5-10-24)23-18(25)15-6-7-16(20)17(21)12-15/h6-7,12,14H,3-5,8-11,13H2,1-2H3,(H,22,23,25). The fourth-order valence-electron chi connectivity index (χ4n) is 2.65. The zero-order chi connectivity index (χ0) is 18.9. The van der Waals surface area contributed by atoms with Gasteiger partial charge in [-0.25, -0.2) is 4.99 Å². The molecule has 1 aromatic rings. The third-order valence-corrected chi connectivity index (χ3v) is 4.81. The topological polar surface area (TPSA) is 53.9 Å². The van der Waals surface area contributed by atoms with Gasteiger partial charge in [-0.05, 0) is 50.0 Å². The highest BCUT2D eigenvalue weighted by molar-refractivity contribution is 6.42. The third-order valence-electron chi connectivity index (χ3n) is 4.08. The number of nitrogens with zero attached hydrogens (tertiary/aromatic N) is 2. The first-order valence-electron chi connectivity index (χ1n) is 9.11. The Balaban J connectivity index is 1.96. The monoisotopic (exact) mass is 399 g/mol. The van der Waals surface area contributed by atoms with Gasteiger partial charge in [-0.1, -0.05) is 43.5 Å². The summed E-state index contributed by atoms with van der Waals surface area (Å²) in [5.41, 5.74) is 0.413. The fourth-order valence-corrected chi connectivity index (χ4v) is 2.95. The van der Waals surface area contributed by atoms with Crippen LogP contribution in [0.15, 0.2) is 23.2 Å². The Morgan fingerprint density at radius 3 is 2.62 bits per heavy atom. The number of carbonyl (C=O) groups is 1. The molecule has 0 unspecified atom stereocenters. The second kappa shape index (κ2) is 10.8. The predicted octanol–water partition coefficient (Wildman–Crippen LogP) is 4.24. The van der Waals surface area contributed by atoms with Crippen molar-refractivity contribution in [1.29, 1.82) is 0 Å². The number of carbonyl (C=O) groups excluding carboxylic acids is 1. The minimum Gasteiger partial charge on any atom is -0.465 e. The lowest BCUT2D eigenvalue weighted by Gasteiger charge is -2.25. The molecule has 0 aromatic heterocycles. The smallest absolute Gasteiger partial charge is 0.291 e. The van der Waals surface area contributed by atoms with Gasteiger partial charge in [0, 0.05) is 12.1 Å². The number of ether oxygens (including phenoxy) is 1. The van der Waals surface area contributed by atoms with Gasteiger partial charge in [0.15, 0.2) is 0 Å². The Morgan fingerprint density at radius 1 is 1.23 bits per heavy atom. The maximum absolute atomic E-state index is 12.4. The summed E-state index contributed by atoms with van der Waals surface area (Å²) >= 11 is 11.9. The summed E-state index contributed by atoms with van der Waals surface area (Å²) in [6.07, 6.45) is 3.80. The summed E-state index contributed by atoms with van der Waals surface area (Å²) in [5, 5.41) is 3.49. The van der Waals surface area contributed by atoms with Crippen LogP contribution in [-0.2, 0) is 4.74 Å². The molecule has 1 aromatic carbocycles. The van der Waals surface area contributed by atoms with E-state index < -0.39 is 0 Å². The van der Waals surface area contributed by atoms with Crippen LogP contribution in [0.2, 0.25) is 10.0 Å². The molecule has 0 spiro atoms. The molecule has 0 saturated carbocycles. The number of piperidine rings is 1. The number of amidine groups is 1. The van der Waals surface area contributed by atoms with Crippen molar-refractivity contribution < 1.29 is 9.53 Å². The van der Waals surface area contributed by atoms with Crippen molar-refractivity contribution >= 4 is 35.1 Å². The van der Waals surface area contributed by atoms with Crippen LogP contribution in [0.5, 0.6) is 0 Å². The van der Waals surface area contributed by atoms with Crippen LogP contribution in [0.1, 0.15) is 43.5 Å². The number of benzene rings is 1. The molecule has 1 aliphatic rings. The van der Waals surface area contributed by atoms with Crippen LogP contribution in [-0.4, -0.2) is 49.6 Å². The highest BCUT2D eigenvalue weighted by Gasteiger charge is 2.13. The molecular formula is C19H27Cl2N3O2. The van der Waals surface area contributed by atoms with Gasteiger partial charge < -0.3 is 9.64 Å². The molecule has 26 heavy (non-hydrogen) atoms. The number of hydrogen-bond donors (Lipinski definition) is 1. The lowest BCUT2D eigenvalue weighted by Crippen LogP contribution is -2.35. The lowest BCUT2D eigenvalue weighted by atomic mass is 10.1. The Morgan fingerprint density at radius 2 is 1.96 bits per heavy atom. The molecule has 1 N–H and O–H groups in total. The van der Waals surface area contributed by atoms with Crippen LogP contribution in [0.4, 0.5) is 0 Å². The molecule has 144 valence electrons. The minimum atomic E-state index is -0.316. The minimum absolute atomic E-state index is 0.256. The maximum Gasteiger partial charge on any atom is 0.291 e. The van der Waals surface area contributed by atoms with Crippen molar-refractivity contribution in [2.45, 2.75) is 33.1 Å². The SMILES string of the molecule is CC(C)COC(=NCCN1CCCCC1)NC(=O)c1ccc(Cl)c(Cl)c1. The lowest BCUT2D eigenvalue weighted by molar-refractivity contribution is 0.0963. The number of nitrogens with one attached hydrogen (secondary N) is 1. The molecule has 1 aliphatic heterocycles. The first-order chi connectivity index (χ1) is 12.5. The number of amides is 1. The predicted molar refractivity (Wildman–Crippen MR) is 107 cm³/mol. The molecule has 5 nitrogen and oxygen atoms in total. The first kappa shape index (κ1) is 21.0. The number of likely N-dealkylation sites (tertiary alicyclic amines) is 1. The van der Waals surface area contributed by atoms with Gasteiger partial charge in [-0.3, -0.25) is 10.1 Å². The van der Waals surface area contributed by atoms with Crippen molar-refractivity contribution in [3.05, 3.63) is 33.8 Å². The van der Waals surface area contributed by atoms with Gasteiger partial charge >= 0.3 is 0 Å². The molecule has 0 aliphatic carbocycles. The van der Waals surface area contributed by atoms with E-state index in [-0.39, 0.29) is 11.9 Å². The van der Waals surface area contributed by atoms with E-state index in [1.807, 2.05) is 13.8 Å². The summed E-state index contributed by atoms with van der Waals surface area (Å²) in [5.74, 6) is 0.0215. The molecule has 1 heterocycles. The van der Waals surface area contributed by atoms with Crippen molar-refractivity contribution in [1.82, 2.24) is 10.2 Å². The Bertz CT molecular complexity index is 629. The summed E-state index contributed by atoms with van der Waals surface area (Å²) in [6, 6.07) is 5.01. The molecule has 1 fully saturated rings. The maximum atomic E-state index is 12.4. The van der Waals surface area contributed by atoms with E-state index in [0.29, 0.717) is 34.7 Å². The van der Waals surface area contributed by atoms with Crippen molar-refractivity contribution in [3.63, 3.8) is 0 Å². The van der Waals surface area contributed by atoms with E-state index in [2.05, 4.69) is 15.2 Å². The van der Waals surface area contributed by atoms with E-state index >= 15 is 0 Å². The zero-order valence-corrected chi connectivity index (χ0v) is 16.9. The van der Waals surface area contributed by atoms with Crippen LogP contribution in [0, 0.1) is 5.92 Å². The van der Waals surface area contributed by atoms with Crippen LogP contribution in [0.25, 0.3) is 0 Å². The van der Waals surface area contributed by atoms with Gasteiger partial charge in [-0.2, -0.15) is 0 Å². The summed E-state index contributed by atoms with van der Waals surface area (Å²) in [7, 11) is 0. The van der Waals surface area contributed by atoms with Crippen molar-refractivity contribution in [3.8, 4) is 0 Å². The molecule has 7 heteroatoms. The number of halogens is 2. The third kappa shape index (κ3) is 7.14. The highest BCUT2D eigenvalue weighted by Crippen LogP contribution is 2.22. The Hall–Kier alpha value is -1.30. The van der Waals surface area contributed by atoms with E-state index in [4.69, 9.17) is 27.9 Å². The molecule has 0 radical (unpaired) electrons. The average molecular weight is 400 g/mol. The fraction of sp³-hybridized carbons (Fsp3) is 0.579. The van der Waals surface area contributed by atoms with E-state index in [1.165, 1.54) is 25.3 Å². The van der Waals surface area contributed by atoms with Gasteiger partial charge in [0.2, 0.25) is 0 Å². The van der Waals surface area contributed by atoms with Crippen molar-refractivity contribution in [2.75, 3.05) is 32.8 Å². The molecule has 2 rings (SSSR count). The van der Waals surface area contributed by atoms with Gasteiger partial charge in [-0.15, -0.1) is 0 Å². The molecule has 1 saturated heterocycles. The van der Waals surface area contributed by atoms with E-state index in [1.54, 1.807) is 12.1 Å². The van der Waals surface area contributed by atoms with E-state index in [9.17, 15) is 4.79 Å². The van der Waals surface area contributed by atoms with Gasteiger partial charge in [0.25, 0.3) is 11.9 Å². The Kier molecular flexibility index (Phi) is 8.69. The number of hydrogen-bond acceptors (Lipinski definition) is 4. The summed E-state index contributed by atoms with van der Waals surface area (Å²) in [4.78, 5) is 19.3. The first-order valence-corrected chi connectivity index (χ1v) is 9.87. The number of rotatable bonds is 6. The van der Waals surface area contributed by atoms with E-state index in [0.717, 1.165) is 19.6 Å². The van der Waals surface area contributed by atoms with Crippen LogP contribution in [0.3, 0.4) is 0 Å². The van der Waals surface area contributed by atoms with Gasteiger partial charge in [0.05, 0.1) is 23.2 Å².